The first-order chi connectivity index (χ1) is 6.70. The van der Waals surface area contributed by atoms with Gasteiger partial charge >= 0.3 is 0 Å². The van der Waals surface area contributed by atoms with Crippen molar-refractivity contribution in [2.45, 2.75) is 0 Å². The van der Waals surface area contributed by atoms with Gasteiger partial charge in [0.1, 0.15) is 5.75 Å². The summed E-state index contributed by atoms with van der Waals surface area (Å²) in [6.45, 7) is 0. The number of fused-ring (bicyclic) bond motifs is 1. The Morgan fingerprint density at radius 3 is 2.50 bits per heavy atom. The molecule has 0 aliphatic heterocycles. The Morgan fingerprint density at radius 1 is 1.07 bits per heavy atom. The number of benzene rings is 2. The summed E-state index contributed by atoms with van der Waals surface area (Å²) in [7, 11) is 0. The first-order valence-corrected chi connectivity index (χ1v) is 4.55. The van der Waals surface area contributed by atoms with Crippen molar-refractivity contribution in [3.05, 3.63) is 42.0 Å². The molecule has 0 saturated heterocycles. The van der Waals surface area contributed by atoms with Crippen LogP contribution in [0.2, 0.25) is 0 Å². The van der Waals surface area contributed by atoms with Crippen LogP contribution in [0.15, 0.2) is 36.4 Å². The topological polar surface area (TPSA) is 40.5 Å². The lowest BCUT2D eigenvalue weighted by Gasteiger charge is -2.05. The van der Waals surface area contributed by atoms with Crippen LogP contribution >= 0.6 is 12.2 Å². The quantitative estimate of drug-likeness (QED) is 0.702. The molecule has 0 saturated carbocycles. The smallest absolute Gasteiger partial charge is 0.193 e. The molecule has 0 aliphatic rings. The van der Waals surface area contributed by atoms with E-state index in [2.05, 4.69) is 12.2 Å². The summed E-state index contributed by atoms with van der Waals surface area (Å²) in [4.78, 5) is 0. The summed E-state index contributed by atoms with van der Waals surface area (Å²) >= 11 is 4.67. The van der Waals surface area contributed by atoms with Gasteiger partial charge in [-0.1, -0.05) is 30.3 Å². The van der Waals surface area contributed by atoms with Gasteiger partial charge in [0.25, 0.3) is 0 Å². The maximum absolute atomic E-state index is 9.53. The Bertz CT molecular complexity index is 506. The molecule has 0 amide bonds. The summed E-state index contributed by atoms with van der Waals surface area (Å²) in [6.07, 6.45) is 0. The monoisotopic (exact) mass is 204 g/mol. The van der Waals surface area contributed by atoms with Crippen LogP contribution in [0.5, 0.6) is 5.75 Å². The van der Waals surface area contributed by atoms with Crippen LogP contribution in [0.1, 0.15) is 5.56 Å². The zero-order chi connectivity index (χ0) is 10.1. The standard InChI is InChI=1S/C11H8O2S/c12-9-6-5-7-3-1-2-4-8(7)10(9)11(13)14/h1-6,12H,(H,13,14). The van der Waals surface area contributed by atoms with Crippen LogP contribution < -0.4 is 0 Å². The molecule has 0 aliphatic carbocycles. The first kappa shape index (κ1) is 8.97. The second kappa shape index (κ2) is 3.27. The van der Waals surface area contributed by atoms with Gasteiger partial charge in [-0.15, -0.1) is 0 Å². The normalized spacial score (nSPS) is 10.3. The number of hydrogen-bond acceptors (Lipinski definition) is 2. The van der Waals surface area contributed by atoms with Crippen molar-refractivity contribution in [1.82, 2.24) is 0 Å². The van der Waals surface area contributed by atoms with Crippen molar-refractivity contribution in [2.75, 3.05) is 0 Å². The minimum atomic E-state index is -0.278. The molecule has 0 fully saturated rings. The third-order valence-electron chi connectivity index (χ3n) is 2.12. The minimum absolute atomic E-state index is 0.0104. The Kier molecular flexibility index (Phi) is 2.09. The van der Waals surface area contributed by atoms with Crippen LogP contribution in [0.25, 0.3) is 10.8 Å². The molecule has 0 unspecified atom stereocenters. The molecular formula is C11H8O2S. The van der Waals surface area contributed by atoms with Crippen molar-refractivity contribution in [2.24, 2.45) is 0 Å². The van der Waals surface area contributed by atoms with Gasteiger partial charge in [-0.3, -0.25) is 0 Å². The highest BCUT2D eigenvalue weighted by molar-refractivity contribution is 7.80. The maximum atomic E-state index is 9.53. The zero-order valence-electron chi connectivity index (χ0n) is 7.27. The molecule has 0 bridgehead atoms. The summed E-state index contributed by atoms with van der Waals surface area (Å²) in [6, 6.07) is 10.8. The van der Waals surface area contributed by atoms with Gasteiger partial charge < -0.3 is 10.2 Å². The number of aliphatic hydroxyl groups excluding tert-OH is 1. The van der Waals surface area contributed by atoms with Crippen LogP contribution in [-0.2, 0) is 0 Å². The van der Waals surface area contributed by atoms with E-state index in [1.54, 1.807) is 6.07 Å². The Hall–Kier alpha value is -1.61. The van der Waals surface area contributed by atoms with Gasteiger partial charge in [0.15, 0.2) is 5.05 Å². The van der Waals surface area contributed by atoms with E-state index in [1.165, 1.54) is 6.07 Å². The third-order valence-corrected chi connectivity index (χ3v) is 2.33. The molecule has 0 aromatic heterocycles. The van der Waals surface area contributed by atoms with Crippen molar-refractivity contribution < 1.29 is 10.2 Å². The van der Waals surface area contributed by atoms with E-state index < -0.39 is 0 Å². The number of thiocarbonyl (C=S) groups is 1. The average Bonchev–Trinajstić information content (AvgIpc) is 2.17. The molecule has 2 nitrogen and oxygen atoms in total. The van der Waals surface area contributed by atoms with E-state index in [9.17, 15) is 10.2 Å². The van der Waals surface area contributed by atoms with Gasteiger partial charge in [-0.25, -0.2) is 0 Å². The van der Waals surface area contributed by atoms with Gasteiger partial charge in [0.05, 0.1) is 5.56 Å². The minimum Gasteiger partial charge on any atom is -0.507 e. The van der Waals surface area contributed by atoms with Gasteiger partial charge in [-0.05, 0) is 29.1 Å². The van der Waals surface area contributed by atoms with E-state index in [0.29, 0.717) is 5.56 Å². The van der Waals surface area contributed by atoms with Crippen molar-refractivity contribution in [1.29, 1.82) is 0 Å². The summed E-state index contributed by atoms with van der Waals surface area (Å²) in [5, 5.41) is 20.2. The molecule has 2 rings (SSSR count). The van der Waals surface area contributed by atoms with E-state index in [1.807, 2.05) is 24.3 Å². The lowest BCUT2D eigenvalue weighted by molar-refractivity contribution is 0.471. The molecule has 2 aromatic rings. The molecule has 0 atom stereocenters. The number of phenols is 1. The highest BCUT2D eigenvalue weighted by atomic mass is 32.1. The zero-order valence-corrected chi connectivity index (χ0v) is 8.08. The van der Waals surface area contributed by atoms with Crippen LogP contribution in [0.3, 0.4) is 0 Å². The molecular weight excluding hydrogens is 196 g/mol. The van der Waals surface area contributed by atoms with Crippen molar-refractivity contribution in [3.63, 3.8) is 0 Å². The van der Waals surface area contributed by atoms with E-state index in [-0.39, 0.29) is 10.8 Å². The van der Waals surface area contributed by atoms with Gasteiger partial charge in [-0.2, -0.15) is 0 Å². The number of aromatic hydroxyl groups is 1. The molecule has 0 spiro atoms. The molecule has 70 valence electrons. The predicted octanol–water partition coefficient (Wildman–Crippen LogP) is 2.78. The Balaban J connectivity index is 2.90. The molecule has 2 N–H and O–H groups in total. The summed E-state index contributed by atoms with van der Waals surface area (Å²) < 4.78 is 0. The number of hydrogen-bond donors (Lipinski definition) is 2. The Morgan fingerprint density at radius 2 is 1.79 bits per heavy atom. The van der Waals surface area contributed by atoms with E-state index in [0.717, 1.165) is 10.8 Å². The predicted molar refractivity (Wildman–Crippen MR) is 59.9 cm³/mol. The Labute approximate surface area is 86.4 Å². The number of aliphatic hydroxyl groups is 1. The maximum Gasteiger partial charge on any atom is 0.193 e. The summed E-state index contributed by atoms with van der Waals surface area (Å²) in [5.41, 5.74) is 0.332. The fraction of sp³-hybridized carbons (Fsp3) is 0. The number of rotatable bonds is 1. The second-order valence-corrected chi connectivity index (χ2v) is 3.37. The SMILES string of the molecule is OC(=S)c1c(O)ccc2ccccc12. The first-order valence-electron chi connectivity index (χ1n) is 4.14. The van der Waals surface area contributed by atoms with Gasteiger partial charge in [0, 0.05) is 0 Å². The number of phenolic OH excluding ortho intramolecular Hbond substituents is 1. The van der Waals surface area contributed by atoms with Gasteiger partial charge in [0.2, 0.25) is 0 Å². The second-order valence-electron chi connectivity index (χ2n) is 2.99. The highest BCUT2D eigenvalue weighted by Crippen LogP contribution is 2.27. The van der Waals surface area contributed by atoms with E-state index in [4.69, 9.17) is 0 Å². The lowest BCUT2D eigenvalue weighted by Crippen LogP contribution is -1.96. The largest absolute Gasteiger partial charge is 0.507 e. The molecule has 3 heteroatoms. The molecule has 0 radical (unpaired) electrons. The fourth-order valence-electron chi connectivity index (χ4n) is 1.48. The van der Waals surface area contributed by atoms with Crippen LogP contribution in [-0.4, -0.2) is 15.3 Å². The fourth-order valence-corrected chi connectivity index (χ4v) is 1.70. The molecule has 2 aromatic carbocycles. The van der Waals surface area contributed by atoms with Crippen molar-refractivity contribution in [3.8, 4) is 5.75 Å². The highest BCUT2D eigenvalue weighted by Gasteiger charge is 2.09. The molecule has 14 heavy (non-hydrogen) atoms. The van der Waals surface area contributed by atoms with Crippen LogP contribution in [0.4, 0.5) is 0 Å². The third kappa shape index (κ3) is 1.32. The molecule has 0 heterocycles. The van der Waals surface area contributed by atoms with Crippen molar-refractivity contribution >= 4 is 28.0 Å². The lowest BCUT2D eigenvalue weighted by atomic mass is 10.0. The average molecular weight is 204 g/mol. The summed E-state index contributed by atoms with van der Waals surface area (Å²) in [5.74, 6) is 0.0104. The van der Waals surface area contributed by atoms with Crippen LogP contribution in [0, 0.1) is 0 Å². The van der Waals surface area contributed by atoms with E-state index >= 15 is 0 Å².